The zero-order valence-corrected chi connectivity index (χ0v) is 23.4. The second kappa shape index (κ2) is 12.0. The molecule has 1 atom stereocenters. The Hall–Kier alpha value is -2.74. The zero-order chi connectivity index (χ0) is 26.5. The van der Waals surface area contributed by atoms with Gasteiger partial charge in [-0.15, -0.1) is 11.3 Å². The normalized spacial score (nSPS) is 15.1. The number of carbonyl (C=O) groups excluding carboxylic acids is 2. The third-order valence-electron chi connectivity index (χ3n) is 7.07. The Morgan fingerprint density at radius 2 is 1.64 bits per heavy atom. The lowest BCUT2D eigenvalue weighted by Crippen LogP contribution is -2.28. The molecule has 1 aliphatic rings. The van der Waals surface area contributed by atoms with Gasteiger partial charge < -0.3 is 24.3 Å². The fourth-order valence-electron chi connectivity index (χ4n) is 4.64. The van der Waals surface area contributed by atoms with Crippen LogP contribution in [-0.4, -0.2) is 38.8 Å². The fraction of sp³-hybridized carbons (Fsp3) is 0.571. The molecule has 1 aromatic carbocycles. The Morgan fingerprint density at radius 1 is 1.03 bits per heavy atom. The lowest BCUT2D eigenvalue weighted by atomic mass is 9.69. The van der Waals surface area contributed by atoms with Crippen molar-refractivity contribution in [3.63, 3.8) is 0 Å². The zero-order valence-electron chi connectivity index (χ0n) is 22.5. The summed E-state index contributed by atoms with van der Waals surface area (Å²) in [6.45, 7) is 13.7. The molecule has 198 valence electrons. The van der Waals surface area contributed by atoms with Crippen molar-refractivity contribution < 1.29 is 28.5 Å². The lowest BCUT2D eigenvalue weighted by molar-refractivity contribution is 0.0600. The summed E-state index contributed by atoms with van der Waals surface area (Å²) in [6.07, 6.45) is 3.79. The van der Waals surface area contributed by atoms with Gasteiger partial charge in [0, 0.05) is 10.4 Å². The number of rotatable bonds is 11. The molecule has 0 fully saturated rings. The fourth-order valence-corrected chi connectivity index (χ4v) is 5.95. The number of amides is 1. The molecule has 8 heteroatoms. The van der Waals surface area contributed by atoms with Crippen LogP contribution in [0.25, 0.3) is 0 Å². The predicted molar refractivity (Wildman–Crippen MR) is 143 cm³/mol. The van der Waals surface area contributed by atoms with Crippen LogP contribution in [0.4, 0.5) is 5.00 Å². The van der Waals surface area contributed by atoms with E-state index in [0.29, 0.717) is 59.1 Å². The van der Waals surface area contributed by atoms with Gasteiger partial charge in [-0.3, -0.25) is 4.79 Å². The van der Waals surface area contributed by atoms with E-state index in [1.165, 1.54) is 18.4 Å². The second-order valence-electron chi connectivity index (χ2n) is 9.54. The van der Waals surface area contributed by atoms with E-state index in [0.717, 1.165) is 36.1 Å². The van der Waals surface area contributed by atoms with Gasteiger partial charge in [0.1, 0.15) is 5.00 Å². The van der Waals surface area contributed by atoms with Crippen LogP contribution in [0.5, 0.6) is 17.2 Å². The van der Waals surface area contributed by atoms with E-state index in [9.17, 15) is 9.59 Å². The van der Waals surface area contributed by atoms with E-state index >= 15 is 0 Å². The molecule has 1 aliphatic carbocycles. The molecule has 1 aromatic heterocycles. The number of hydrogen-bond acceptors (Lipinski definition) is 7. The monoisotopic (exact) mass is 517 g/mol. The van der Waals surface area contributed by atoms with Crippen LogP contribution in [-0.2, 0) is 17.6 Å². The number of benzene rings is 1. The van der Waals surface area contributed by atoms with Crippen LogP contribution in [0.2, 0.25) is 0 Å². The van der Waals surface area contributed by atoms with Crippen molar-refractivity contribution >= 4 is 28.2 Å². The Bertz CT molecular complexity index is 1060. The van der Waals surface area contributed by atoms with Gasteiger partial charge >= 0.3 is 5.97 Å². The summed E-state index contributed by atoms with van der Waals surface area (Å²) in [6, 6.07) is 3.30. The van der Waals surface area contributed by atoms with Crippen LogP contribution in [0.1, 0.15) is 85.5 Å². The first kappa shape index (κ1) is 27.8. The number of ether oxygens (including phenoxy) is 4. The molecular weight excluding hydrogens is 478 g/mol. The first-order chi connectivity index (χ1) is 17.2. The summed E-state index contributed by atoms with van der Waals surface area (Å²) in [5.41, 5.74) is 2.05. The highest BCUT2D eigenvalue weighted by Crippen LogP contribution is 2.46. The first-order valence-electron chi connectivity index (χ1n) is 12.8. The largest absolute Gasteiger partial charge is 0.490 e. The molecule has 36 heavy (non-hydrogen) atoms. The number of thiophene rings is 1. The molecule has 0 radical (unpaired) electrons. The number of methoxy groups -OCH3 is 1. The summed E-state index contributed by atoms with van der Waals surface area (Å²) in [5, 5.41) is 3.51. The average Bonchev–Trinajstić information content (AvgIpc) is 3.22. The van der Waals surface area contributed by atoms with Crippen LogP contribution in [0.3, 0.4) is 0 Å². The first-order valence-corrected chi connectivity index (χ1v) is 13.6. The number of anilines is 1. The van der Waals surface area contributed by atoms with Crippen molar-refractivity contribution in [2.24, 2.45) is 11.3 Å². The molecular formula is C28H39NO6S. The molecule has 0 saturated carbocycles. The molecule has 2 aromatic rings. The smallest absolute Gasteiger partial charge is 0.341 e. The van der Waals surface area contributed by atoms with Crippen LogP contribution >= 0.6 is 11.3 Å². The molecule has 1 amide bonds. The third-order valence-corrected chi connectivity index (χ3v) is 8.24. The summed E-state index contributed by atoms with van der Waals surface area (Å²) in [7, 11) is 1.37. The molecule has 1 N–H and O–H groups in total. The van der Waals surface area contributed by atoms with E-state index in [1.807, 2.05) is 20.8 Å². The Kier molecular flexibility index (Phi) is 9.28. The lowest BCUT2D eigenvalue weighted by Gasteiger charge is -2.36. The molecule has 1 unspecified atom stereocenters. The highest BCUT2D eigenvalue weighted by molar-refractivity contribution is 7.17. The van der Waals surface area contributed by atoms with E-state index in [1.54, 1.807) is 12.1 Å². The number of carbonyl (C=O) groups is 2. The Labute approximate surface area is 218 Å². The van der Waals surface area contributed by atoms with Gasteiger partial charge in [-0.05, 0) is 69.1 Å². The summed E-state index contributed by atoms with van der Waals surface area (Å²) in [4.78, 5) is 27.4. The van der Waals surface area contributed by atoms with Gasteiger partial charge in [-0.2, -0.15) is 0 Å². The van der Waals surface area contributed by atoms with Crippen LogP contribution in [0.15, 0.2) is 12.1 Å². The van der Waals surface area contributed by atoms with Gasteiger partial charge in [0.05, 0.1) is 32.5 Å². The average molecular weight is 518 g/mol. The van der Waals surface area contributed by atoms with Crippen molar-refractivity contribution in [3.8, 4) is 17.2 Å². The summed E-state index contributed by atoms with van der Waals surface area (Å²) >= 11 is 1.48. The van der Waals surface area contributed by atoms with Crippen LogP contribution < -0.4 is 19.5 Å². The van der Waals surface area contributed by atoms with Crippen molar-refractivity contribution in [2.75, 3.05) is 32.2 Å². The minimum Gasteiger partial charge on any atom is -0.490 e. The highest BCUT2D eigenvalue weighted by Gasteiger charge is 2.35. The third kappa shape index (κ3) is 5.80. The van der Waals surface area contributed by atoms with Gasteiger partial charge in [0.25, 0.3) is 5.91 Å². The topological polar surface area (TPSA) is 83.1 Å². The molecule has 3 rings (SSSR count). The number of nitrogens with one attached hydrogen (secondary N) is 1. The van der Waals surface area contributed by atoms with Gasteiger partial charge in [-0.25, -0.2) is 4.79 Å². The van der Waals surface area contributed by atoms with Crippen molar-refractivity contribution in [1.29, 1.82) is 0 Å². The molecule has 1 heterocycles. The maximum Gasteiger partial charge on any atom is 0.341 e. The van der Waals surface area contributed by atoms with Crippen molar-refractivity contribution in [1.82, 2.24) is 0 Å². The molecule has 0 spiro atoms. The number of hydrogen-bond donors (Lipinski definition) is 1. The minimum atomic E-state index is -0.423. The van der Waals surface area contributed by atoms with Crippen molar-refractivity contribution in [3.05, 3.63) is 33.7 Å². The maximum atomic E-state index is 13.4. The number of esters is 1. The molecule has 0 saturated heterocycles. The second-order valence-corrected chi connectivity index (χ2v) is 10.6. The Morgan fingerprint density at radius 3 is 2.17 bits per heavy atom. The van der Waals surface area contributed by atoms with Gasteiger partial charge in [-0.1, -0.05) is 27.2 Å². The highest BCUT2D eigenvalue weighted by atomic mass is 32.1. The maximum absolute atomic E-state index is 13.4. The van der Waals surface area contributed by atoms with E-state index in [4.69, 9.17) is 18.9 Å². The van der Waals surface area contributed by atoms with Crippen LogP contribution in [0, 0.1) is 11.3 Å². The predicted octanol–water partition coefficient (Wildman–Crippen LogP) is 6.52. The Balaban J connectivity index is 1.99. The number of fused-ring (bicyclic) bond motifs is 1. The van der Waals surface area contributed by atoms with E-state index in [2.05, 4.69) is 26.1 Å². The summed E-state index contributed by atoms with van der Waals surface area (Å²) < 4.78 is 22.4. The molecule has 0 aliphatic heterocycles. The quantitative estimate of drug-likeness (QED) is 0.342. The SMILES string of the molecule is CCOc1cc(C(=O)Nc2sc3c(c2C(=O)OC)CCC(C(C)(C)CC)C3)cc(OCC)c1OCC. The van der Waals surface area contributed by atoms with Crippen molar-refractivity contribution in [2.45, 2.75) is 67.2 Å². The van der Waals surface area contributed by atoms with Gasteiger partial charge in [0.2, 0.25) is 5.75 Å². The molecule has 7 nitrogen and oxygen atoms in total. The summed E-state index contributed by atoms with van der Waals surface area (Å²) in [5.74, 6) is 1.11. The minimum absolute atomic E-state index is 0.212. The van der Waals surface area contributed by atoms with Gasteiger partial charge in [0.15, 0.2) is 11.5 Å². The molecule has 0 bridgehead atoms. The standard InChI is InChI=1S/C28H39NO6S/c1-8-28(5,6)18-12-13-19-22(16-18)36-26(23(19)27(31)32-7)29-25(30)17-14-20(33-9-2)24(35-11-4)21(15-17)34-10-3/h14-15,18H,8-13,16H2,1-7H3,(H,29,30). The van der Waals surface area contributed by atoms with E-state index in [-0.39, 0.29) is 11.3 Å². The van der Waals surface area contributed by atoms with E-state index < -0.39 is 5.97 Å².